The van der Waals surface area contributed by atoms with E-state index in [9.17, 15) is 13.6 Å². The number of benzene rings is 1. The SMILES string of the molecule is C/C=C/CCC1CCC(C2CCC3C(CCCC3C(=O)Oc3cc(F)c(OC/C=C/C)c(F)c3)C2)CC1. The molecule has 3 fully saturated rings. The van der Waals surface area contributed by atoms with Crippen LogP contribution >= 0.6 is 0 Å². The van der Waals surface area contributed by atoms with E-state index in [1.807, 2.05) is 0 Å². The van der Waals surface area contributed by atoms with Crippen molar-refractivity contribution in [2.75, 3.05) is 6.61 Å². The number of allylic oxidation sites excluding steroid dienone is 3. The van der Waals surface area contributed by atoms with Gasteiger partial charge in [0.1, 0.15) is 12.4 Å². The average Bonchev–Trinajstić information content (AvgIpc) is 2.90. The molecule has 4 rings (SSSR count). The third kappa shape index (κ3) is 7.23. The summed E-state index contributed by atoms with van der Waals surface area (Å²) in [7, 11) is 0. The lowest BCUT2D eigenvalue weighted by Gasteiger charge is -2.46. The van der Waals surface area contributed by atoms with Crippen molar-refractivity contribution in [3.63, 3.8) is 0 Å². The van der Waals surface area contributed by atoms with E-state index in [1.54, 1.807) is 19.1 Å². The predicted octanol–water partition coefficient (Wildman–Crippen LogP) is 8.82. The number of fused-ring (bicyclic) bond motifs is 1. The van der Waals surface area contributed by atoms with Crippen LogP contribution in [-0.2, 0) is 4.79 Å². The molecule has 5 heteroatoms. The van der Waals surface area contributed by atoms with Crippen LogP contribution < -0.4 is 9.47 Å². The first kappa shape index (κ1) is 27.9. The number of carbonyl (C=O) groups is 1. The molecule has 4 unspecified atom stereocenters. The lowest BCUT2D eigenvalue weighted by molar-refractivity contribution is -0.144. The molecule has 0 amide bonds. The van der Waals surface area contributed by atoms with Crippen LogP contribution in [0.4, 0.5) is 8.78 Å². The van der Waals surface area contributed by atoms with Crippen LogP contribution in [0.3, 0.4) is 0 Å². The fraction of sp³-hybridized carbons (Fsp3) is 0.656. The molecule has 0 heterocycles. The summed E-state index contributed by atoms with van der Waals surface area (Å²) in [4.78, 5) is 13.2. The van der Waals surface area contributed by atoms with Crippen molar-refractivity contribution in [1.29, 1.82) is 0 Å². The number of halogens is 2. The van der Waals surface area contributed by atoms with Gasteiger partial charge in [-0.25, -0.2) is 8.78 Å². The van der Waals surface area contributed by atoms with E-state index in [0.717, 1.165) is 49.1 Å². The van der Waals surface area contributed by atoms with Gasteiger partial charge >= 0.3 is 5.97 Å². The number of hydrogen-bond donors (Lipinski definition) is 0. The van der Waals surface area contributed by atoms with E-state index in [4.69, 9.17) is 9.47 Å². The third-order valence-electron chi connectivity index (χ3n) is 9.28. The molecule has 0 bridgehead atoms. The maximum atomic E-state index is 14.4. The molecule has 1 aromatic rings. The Balaban J connectivity index is 1.30. The van der Waals surface area contributed by atoms with Gasteiger partial charge in [-0.05, 0) is 94.8 Å². The topological polar surface area (TPSA) is 35.5 Å². The smallest absolute Gasteiger partial charge is 0.314 e. The van der Waals surface area contributed by atoms with E-state index in [0.29, 0.717) is 11.8 Å². The average molecular weight is 515 g/mol. The van der Waals surface area contributed by atoms with Crippen LogP contribution in [-0.4, -0.2) is 12.6 Å². The van der Waals surface area contributed by atoms with Gasteiger partial charge in [-0.2, -0.15) is 0 Å². The molecule has 0 spiro atoms. The highest BCUT2D eigenvalue weighted by Gasteiger charge is 2.43. The van der Waals surface area contributed by atoms with Gasteiger partial charge in [0.05, 0.1) is 5.92 Å². The number of ether oxygens (including phenoxy) is 2. The zero-order valence-electron chi connectivity index (χ0n) is 22.6. The van der Waals surface area contributed by atoms with Gasteiger partial charge in [-0.1, -0.05) is 50.0 Å². The lowest BCUT2D eigenvalue weighted by atomic mass is 9.59. The highest BCUT2D eigenvalue weighted by atomic mass is 19.1. The Morgan fingerprint density at radius 2 is 1.59 bits per heavy atom. The fourth-order valence-electron chi connectivity index (χ4n) is 7.32. The normalized spacial score (nSPS) is 30.4. The summed E-state index contributed by atoms with van der Waals surface area (Å²) >= 11 is 0. The number of carbonyl (C=O) groups excluding carboxylic acids is 1. The van der Waals surface area contributed by atoms with Crippen LogP contribution in [0.1, 0.15) is 90.9 Å². The molecule has 0 aliphatic heterocycles. The number of esters is 1. The zero-order valence-corrected chi connectivity index (χ0v) is 22.6. The molecule has 3 nitrogen and oxygen atoms in total. The van der Waals surface area contributed by atoms with Crippen LogP contribution in [0.2, 0.25) is 0 Å². The molecule has 4 atom stereocenters. The molecule has 3 aliphatic carbocycles. The molecular weight excluding hydrogens is 470 g/mol. The lowest BCUT2D eigenvalue weighted by Crippen LogP contribution is -2.40. The first-order valence-corrected chi connectivity index (χ1v) is 14.6. The first-order valence-electron chi connectivity index (χ1n) is 14.6. The summed E-state index contributed by atoms with van der Waals surface area (Å²) in [6, 6.07) is 2.11. The van der Waals surface area contributed by atoms with Crippen molar-refractivity contribution < 1.29 is 23.0 Å². The Morgan fingerprint density at radius 3 is 2.30 bits per heavy atom. The molecule has 0 aromatic heterocycles. The van der Waals surface area contributed by atoms with Gasteiger partial charge in [-0.3, -0.25) is 4.79 Å². The van der Waals surface area contributed by atoms with E-state index < -0.39 is 17.4 Å². The van der Waals surface area contributed by atoms with Crippen LogP contribution in [0.5, 0.6) is 11.5 Å². The van der Waals surface area contributed by atoms with Gasteiger partial charge in [0.2, 0.25) is 0 Å². The molecule has 0 saturated heterocycles. The predicted molar refractivity (Wildman–Crippen MR) is 143 cm³/mol. The Hall–Kier alpha value is -2.17. The molecule has 1 aromatic carbocycles. The Kier molecular flexibility index (Phi) is 10.2. The van der Waals surface area contributed by atoms with Crippen molar-refractivity contribution in [3.05, 3.63) is 48.1 Å². The van der Waals surface area contributed by atoms with Gasteiger partial charge in [0, 0.05) is 12.1 Å². The largest absolute Gasteiger partial charge is 0.483 e. The van der Waals surface area contributed by atoms with Gasteiger partial charge < -0.3 is 9.47 Å². The number of rotatable bonds is 9. The van der Waals surface area contributed by atoms with Crippen molar-refractivity contribution in [2.45, 2.75) is 90.9 Å². The first-order chi connectivity index (χ1) is 18.0. The zero-order chi connectivity index (χ0) is 26.2. The molecule has 204 valence electrons. The molecule has 0 N–H and O–H groups in total. The monoisotopic (exact) mass is 514 g/mol. The molecule has 0 radical (unpaired) electrons. The van der Waals surface area contributed by atoms with Crippen LogP contribution in [0.25, 0.3) is 0 Å². The van der Waals surface area contributed by atoms with Gasteiger partial charge in [-0.15, -0.1) is 0 Å². The Labute approximate surface area is 221 Å². The molecule has 37 heavy (non-hydrogen) atoms. The summed E-state index contributed by atoms with van der Waals surface area (Å²) in [5, 5.41) is 0. The second kappa shape index (κ2) is 13.6. The Morgan fingerprint density at radius 1 is 0.892 bits per heavy atom. The van der Waals surface area contributed by atoms with Crippen molar-refractivity contribution in [1.82, 2.24) is 0 Å². The highest BCUT2D eigenvalue weighted by Crippen LogP contribution is 2.50. The minimum atomic E-state index is -0.856. The molecule has 3 aliphatic rings. The maximum absolute atomic E-state index is 14.4. The summed E-state index contributed by atoms with van der Waals surface area (Å²) < 4.78 is 39.6. The van der Waals surface area contributed by atoms with E-state index >= 15 is 0 Å². The molecular formula is C32H44F2O3. The number of hydrogen-bond acceptors (Lipinski definition) is 3. The third-order valence-corrected chi connectivity index (χ3v) is 9.28. The minimum Gasteiger partial charge on any atom is -0.483 e. The van der Waals surface area contributed by atoms with Crippen molar-refractivity contribution in [3.8, 4) is 11.5 Å². The summed E-state index contributed by atoms with van der Waals surface area (Å²) in [5.41, 5.74) is 0. The second-order valence-electron chi connectivity index (χ2n) is 11.5. The van der Waals surface area contributed by atoms with Crippen LogP contribution in [0.15, 0.2) is 36.4 Å². The van der Waals surface area contributed by atoms with E-state index in [-0.39, 0.29) is 24.2 Å². The Bertz CT molecular complexity index is 924. The van der Waals surface area contributed by atoms with Crippen molar-refractivity contribution in [2.24, 2.45) is 35.5 Å². The summed E-state index contributed by atoms with van der Waals surface area (Å²) in [6.07, 6.45) is 22.4. The maximum Gasteiger partial charge on any atom is 0.314 e. The van der Waals surface area contributed by atoms with Crippen LogP contribution in [0, 0.1) is 47.1 Å². The van der Waals surface area contributed by atoms with Gasteiger partial charge in [0.15, 0.2) is 17.4 Å². The van der Waals surface area contributed by atoms with E-state index in [1.165, 1.54) is 57.8 Å². The summed E-state index contributed by atoms with van der Waals surface area (Å²) in [6.45, 7) is 3.98. The fourth-order valence-corrected chi connectivity index (χ4v) is 7.32. The van der Waals surface area contributed by atoms with Gasteiger partial charge in [0.25, 0.3) is 0 Å². The second-order valence-corrected chi connectivity index (χ2v) is 11.5. The highest BCUT2D eigenvalue weighted by molar-refractivity contribution is 5.75. The summed E-state index contributed by atoms with van der Waals surface area (Å²) in [5.74, 6) is 0.645. The van der Waals surface area contributed by atoms with E-state index in [2.05, 4.69) is 19.1 Å². The standard InChI is InChI=1S/C32H44F2O3/c1-3-5-7-9-22-12-14-23(15-13-22)24-16-17-27-25(19-24)10-8-11-28(27)32(35)37-26-20-29(33)31(30(34)21-26)36-18-6-4-2/h3-6,20-25,27-28H,7-19H2,1-2H3/b5-3+,6-4+. The quantitative estimate of drug-likeness (QED) is 0.188. The van der Waals surface area contributed by atoms with Crippen molar-refractivity contribution >= 4 is 5.97 Å². The molecule has 3 saturated carbocycles. The minimum absolute atomic E-state index is 0.0770.